The Morgan fingerprint density at radius 2 is 2.25 bits per heavy atom. The van der Waals surface area contributed by atoms with Gasteiger partial charge in [-0.25, -0.2) is 9.37 Å². The monoisotopic (exact) mass is 225 g/mol. The van der Waals surface area contributed by atoms with Crippen LogP contribution in [0.2, 0.25) is 0 Å². The number of anilines is 1. The molecule has 0 spiro atoms. The summed E-state index contributed by atoms with van der Waals surface area (Å²) in [6.45, 7) is 4.59. The van der Waals surface area contributed by atoms with Gasteiger partial charge in [-0.05, 0) is 12.0 Å². The van der Waals surface area contributed by atoms with Gasteiger partial charge < -0.3 is 10.6 Å². The lowest BCUT2D eigenvalue weighted by Crippen LogP contribution is -2.31. The van der Waals surface area contributed by atoms with Gasteiger partial charge in [-0.2, -0.15) is 0 Å². The molecule has 1 rings (SSSR count). The highest BCUT2D eigenvalue weighted by atomic mass is 19.1. The molecule has 0 unspecified atom stereocenters. The maximum Gasteiger partial charge on any atom is 0.257 e. The largest absolute Gasteiger partial charge is 0.383 e. The van der Waals surface area contributed by atoms with Crippen LogP contribution in [0.5, 0.6) is 0 Å². The number of amides is 1. The van der Waals surface area contributed by atoms with Crippen molar-refractivity contribution in [1.29, 1.82) is 0 Å². The number of carbonyl (C=O) groups is 1. The van der Waals surface area contributed by atoms with Crippen molar-refractivity contribution in [3.05, 3.63) is 23.6 Å². The van der Waals surface area contributed by atoms with E-state index in [0.717, 1.165) is 12.3 Å². The van der Waals surface area contributed by atoms with Crippen LogP contribution in [0.3, 0.4) is 0 Å². The van der Waals surface area contributed by atoms with E-state index in [1.54, 1.807) is 7.05 Å². The number of hydrogen-bond acceptors (Lipinski definition) is 3. The van der Waals surface area contributed by atoms with Gasteiger partial charge in [0.1, 0.15) is 11.6 Å². The average Bonchev–Trinajstić information content (AvgIpc) is 2.19. The first-order valence-electron chi connectivity index (χ1n) is 5.08. The third kappa shape index (κ3) is 2.92. The third-order valence-corrected chi connectivity index (χ3v) is 2.10. The molecule has 1 heterocycles. The fraction of sp³-hybridized carbons (Fsp3) is 0.455. The van der Waals surface area contributed by atoms with Crippen LogP contribution < -0.4 is 5.73 Å². The van der Waals surface area contributed by atoms with Gasteiger partial charge in [0.15, 0.2) is 0 Å². The molecule has 1 aromatic rings. The number of halogens is 1. The Labute approximate surface area is 94.3 Å². The van der Waals surface area contributed by atoms with Crippen LogP contribution in [0.25, 0.3) is 0 Å². The average molecular weight is 225 g/mol. The van der Waals surface area contributed by atoms with Crippen LogP contribution in [0.4, 0.5) is 10.2 Å². The Bertz CT molecular complexity index is 393. The first kappa shape index (κ1) is 12.4. The van der Waals surface area contributed by atoms with Crippen LogP contribution in [-0.2, 0) is 0 Å². The van der Waals surface area contributed by atoms with Crippen molar-refractivity contribution < 1.29 is 9.18 Å². The van der Waals surface area contributed by atoms with E-state index in [0.29, 0.717) is 12.5 Å². The van der Waals surface area contributed by atoms with Gasteiger partial charge in [-0.3, -0.25) is 4.79 Å². The summed E-state index contributed by atoms with van der Waals surface area (Å²) in [5.74, 6) is -0.465. The Hall–Kier alpha value is -1.65. The number of aromatic nitrogens is 1. The minimum absolute atomic E-state index is 0.0574. The highest BCUT2D eigenvalue weighted by Gasteiger charge is 2.17. The molecule has 4 nitrogen and oxygen atoms in total. The number of hydrogen-bond donors (Lipinski definition) is 1. The normalized spacial score (nSPS) is 10.6. The summed E-state index contributed by atoms with van der Waals surface area (Å²) in [6.07, 6.45) is 0.995. The molecule has 16 heavy (non-hydrogen) atoms. The van der Waals surface area contributed by atoms with Gasteiger partial charge >= 0.3 is 0 Å². The molecule has 0 saturated carbocycles. The van der Waals surface area contributed by atoms with E-state index in [2.05, 4.69) is 4.98 Å². The van der Waals surface area contributed by atoms with Gasteiger partial charge in [-0.15, -0.1) is 0 Å². The molecule has 1 aromatic heterocycles. The van der Waals surface area contributed by atoms with Crippen LogP contribution >= 0.6 is 0 Å². The van der Waals surface area contributed by atoms with Crippen LogP contribution in [0, 0.1) is 11.7 Å². The summed E-state index contributed by atoms with van der Waals surface area (Å²) in [6, 6.07) is 1.11. The molecule has 1 amide bonds. The van der Waals surface area contributed by atoms with E-state index in [1.807, 2.05) is 13.8 Å². The molecular formula is C11H16FN3O. The summed E-state index contributed by atoms with van der Waals surface area (Å²) in [4.78, 5) is 17.0. The lowest BCUT2D eigenvalue weighted by Gasteiger charge is -2.19. The molecular weight excluding hydrogens is 209 g/mol. The van der Waals surface area contributed by atoms with Gasteiger partial charge in [0.05, 0.1) is 11.8 Å². The standard InChI is InChI=1S/C11H16FN3O/c1-7(2)6-15(3)11(16)9-4-8(12)5-14-10(9)13/h4-5,7H,6H2,1-3H3,(H2,13,14). The van der Waals surface area contributed by atoms with Crippen molar-refractivity contribution in [3.8, 4) is 0 Å². The number of nitrogens with two attached hydrogens (primary N) is 1. The molecule has 0 bridgehead atoms. The van der Waals surface area contributed by atoms with Crippen molar-refractivity contribution in [2.45, 2.75) is 13.8 Å². The van der Waals surface area contributed by atoms with E-state index in [4.69, 9.17) is 5.73 Å². The summed E-state index contributed by atoms with van der Waals surface area (Å²) in [5.41, 5.74) is 5.65. The van der Waals surface area contributed by atoms with Gasteiger partial charge in [-0.1, -0.05) is 13.8 Å². The number of nitrogen functional groups attached to an aromatic ring is 1. The SMILES string of the molecule is CC(C)CN(C)C(=O)c1cc(F)cnc1N. The number of nitrogens with zero attached hydrogens (tertiary/aromatic N) is 2. The molecule has 0 saturated heterocycles. The zero-order valence-corrected chi connectivity index (χ0v) is 9.70. The molecule has 88 valence electrons. The Morgan fingerprint density at radius 3 is 2.81 bits per heavy atom. The molecule has 0 aliphatic carbocycles. The van der Waals surface area contributed by atoms with E-state index in [1.165, 1.54) is 4.90 Å². The van der Waals surface area contributed by atoms with Crippen molar-refractivity contribution in [1.82, 2.24) is 9.88 Å². The number of rotatable bonds is 3. The quantitative estimate of drug-likeness (QED) is 0.848. The first-order valence-corrected chi connectivity index (χ1v) is 5.08. The highest BCUT2D eigenvalue weighted by Crippen LogP contribution is 2.13. The summed E-state index contributed by atoms with van der Waals surface area (Å²) < 4.78 is 12.9. The van der Waals surface area contributed by atoms with Crippen molar-refractivity contribution in [2.75, 3.05) is 19.3 Å². The summed E-state index contributed by atoms with van der Waals surface area (Å²) in [7, 11) is 1.66. The zero-order valence-electron chi connectivity index (χ0n) is 9.70. The van der Waals surface area contributed by atoms with Crippen molar-refractivity contribution in [2.24, 2.45) is 5.92 Å². The Balaban J connectivity index is 2.91. The number of carbonyl (C=O) groups excluding carboxylic acids is 1. The van der Waals surface area contributed by atoms with Gasteiger partial charge in [0.2, 0.25) is 0 Å². The predicted octanol–water partition coefficient (Wildman–Crippen LogP) is 1.53. The van der Waals surface area contributed by atoms with E-state index in [-0.39, 0.29) is 17.3 Å². The van der Waals surface area contributed by atoms with Crippen molar-refractivity contribution >= 4 is 11.7 Å². The Kier molecular flexibility index (Phi) is 3.82. The molecule has 2 N–H and O–H groups in total. The zero-order chi connectivity index (χ0) is 12.3. The molecule has 5 heteroatoms. The Morgan fingerprint density at radius 1 is 1.62 bits per heavy atom. The first-order chi connectivity index (χ1) is 7.41. The molecule has 0 aromatic carbocycles. The molecule has 0 fully saturated rings. The second-order valence-corrected chi connectivity index (χ2v) is 4.17. The topological polar surface area (TPSA) is 59.2 Å². The van der Waals surface area contributed by atoms with E-state index >= 15 is 0 Å². The maximum absolute atomic E-state index is 12.9. The fourth-order valence-corrected chi connectivity index (χ4v) is 1.46. The molecule has 0 aliphatic rings. The minimum atomic E-state index is -0.560. The lowest BCUT2D eigenvalue weighted by molar-refractivity contribution is 0.0779. The second-order valence-electron chi connectivity index (χ2n) is 4.17. The van der Waals surface area contributed by atoms with Crippen molar-refractivity contribution in [3.63, 3.8) is 0 Å². The minimum Gasteiger partial charge on any atom is -0.383 e. The second kappa shape index (κ2) is 4.92. The maximum atomic E-state index is 12.9. The summed E-state index contributed by atoms with van der Waals surface area (Å²) in [5, 5.41) is 0. The number of pyridine rings is 1. The predicted molar refractivity (Wildman–Crippen MR) is 60.4 cm³/mol. The third-order valence-electron chi connectivity index (χ3n) is 2.10. The molecule has 0 radical (unpaired) electrons. The van der Waals surface area contributed by atoms with E-state index < -0.39 is 5.82 Å². The van der Waals surface area contributed by atoms with Crippen LogP contribution in [-0.4, -0.2) is 29.4 Å². The van der Waals surface area contributed by atoms with Crippen LogP contribution in [0.1, 0.15) is 24.2 Å². The van der Waals surface area contributed by atoms with E-state index in [9.17, 15) is 9.18 Å². The highest BCUT2D eigenvalue weighted by molar-refractivity contribution is 5.98. The summed E-state index contributed by atoms with van der Waals surface area (Å²) >= 11 is 0. The van der Waals surface area contributed by atoms with Crippen LogP contribution in [0.15, 0.2) is 12.3 Å². The fourth-order valence-electron chi connectivity index (χ4n) is 1.46. The molecule has 0 atom stereocenters. The molecule has 0 aliphatic heterocycles. The van der Waals surface area contributed by atoms with Gasteiger partial charge in [0.25, 0.3) is 5.91 Å². The lowest BCUT2D eigenvalue weighted by atomic mass is 10.2. The van der Waals surface area contributed by atoms with Gasteiger partial charge in [0, 0.05) is 13.6 Å². The smallest absolute Gasteiger partial charge is 0.257 e.